The first-order valence-electron chi connectivity index (χ1n) is 5.92. The van der Waals surface area contributed by atoms with Crippen LogP contribution in [0.15, 0.2) is 29.4 Å². The van der Waals surface area contributed by atoms with Crippen molar-refractivity contribution in [2.45, 2.75) is 25.4 Å². The van der Waals surface area contributed by atoms with Crippen molar-refractivity contribution < 1.29 is 4.79 Å². The molecule has 0 saturated heterocycles. The Morgan fingerprint density at radius 2 is 2.00 bits per heavy atom. The molecular weight excluding hydrogens is 228 g/mol. The molecule has 1 aliphatic heterocycles. The molecule has 0 saturated carbocycles. The van der Waals surface area contributed by atoms with Crippen LogP contribution in [-0.4, -0.2) is 54.3 Å². The molecule has 0 spiro atoms. The summed E-state index contributed by atoms with van der Waals surface area (Å²) in [7, 11) is 5.47. The van der Waals surface area contributed by atoms with Crippen LogP contribution in [0.1, 0.15) is 13.8 Å². The highest BCUT2D eigenvalue weighted by Crippen LogP contribution is 2.10. The van der Waals surface area contributed by atoms with E-state index in [0.717, 1.165) is 0 Å². The standard InChI is InChI=1S/C13H22N4O/c1-10(16(3)4)12(18)17(5)11-6-7-13(2,14)8-9-15-11/h6-10H,14H2,1-5H3. The SMILES string of the molecule is CC(C(=O)N(C)C1=NC=CC(C)(N)C=C1)N(C)C. The van der Waals surface area contributed by atoms with Gasteiger partial charge in [0.15, 0.2) is 0 Å². The highest BCUT2D eigenvalue weighted by Gasteiger charge is 2.22. The van der Waals surface area contributed by atoms with Gasteiger partial charge < -0.3 is 5.73 Å². The van der Waals surface area contributed by atoms with Gasteiger partial charge in [0, 0.05) is 13.2 Å². The van der Waals surface area contributed by atoms with Gasteiger partial charge in [-0.1, -0.05) is 6.08 Å². The van der Waals surface area contributed by atoms with E-state index in [1.165, 1.54) is 0 Å². The van der Waals surface area contributed by atoms with Crippen molar-refractivity contribution in [3.05, 3.63) is 24.4 Å². The molecule has 1 rings (SSSR count). The van der Waals surface area contributed by atoms with Gasteiger partial charge in [-0.2, -0.15) is 0 Å². The van der Waals surface area contributed by atoms with Gasteiger partial charge in [-0.25, -0.2) is 4.99 Å². The number of nitrogens with zero attached hydrogens (tertiary/aromatic N) is 3. The fraction of sp³-hybridized carbons (Fsp3) is 0.538. The summed E-state index contributed by atoms with van der Waals surface area (Å²) in [6, 6.07) is -0.192. The number of hydrogen-bond acceptors (Lipinski definition) is 4. The highest BCUT2D eigenvalue weighted by molar-refractivity contribution is 6.05. The van der Waals surface area contributed by atoms with Crippen LogP contribution in [0.2, 0.25) is 0 Å². The average molecular weight is 250 g/mol. The maximum Gasteiger partial charge on any atom is 0.244 e. The number of amidine groups is 1. The maximum atomic E-state index is 12.2. The minimum atomic E-state index is -0.525. The van der Waals surface area contributed by atoms with Crippen molar-refractivity contribution in [2.24, 2.45) is 10.7 Å². The predicted octanol–water partition coefficient (Wildman–Crippen LogP) is 0.594. The Morgan fingerprint density at radius 3 is 2.56 bits per heavy atom. The Kier molecular flexibility index (Phi) is 4.43. The lowest BCUT2D eigenvalue weighted by molar-refractivity contribution is -0.130. The number of nitrogens with two attached hydrogens (primary N) is 1. The Hall–Kier alpha value is -1.46. The van der Waals surface area contributed by atoms with Gasteiger partial charge in [0.1, 0.15) is 5.84 Å². The summed E-state index contributed by atoms with van der Waals surface area (Å²) in [5, 5.41) is 0. The van der Waals surface area contributed by atoms with E-state index in [1.54, 1.807) is 30.3 Å². The molecule has 5 nitrogen and oxygen atoms in total. The summed E-state index contributed by atoms with van der Waals surface area (Å²) in [5.74, 6) is 0.594. The molecular formula is C13H22N4O. The lowest BCUT2D eigenvalue weighted by Gasteiger charge is -2.25. The quantitative estimate of drug-likeness (QED) is 0.780. The number of aliphatic imine (C=N–C) groups is 1. The molecule has 2 unspecified atom stereocenters. The first kappa shape index (κ1) is 14.6. The van der Waals surface area contributed by atoms with Gasteiger partial charge in [0.25, 0.3) is 0 Å². The normalized spacial score (nSPS) is 24.7. The van der Waals surface area contributed by atoms with Crippen LogP contribution < -0.4 is 5.73 Å². The van der Waals surface area contributed by atoms with Crippen molar-refractivity contribution in [1.82, 2.24) is 9.80 Å². The van der Waals surface area contributed by atoms with Crippen LogP contribution in [-0.2, 0) is 4.79 Å². The smallest absolute Gasteiger partial charge is 0.244 e. The fourth-order valence-electron chi connectivity index (χ4n) is 1.44. The van der Waals surface area contributed by atoms with Crippen molar-refractivity contribution in [1.29, 1.82) is 0 Å². The number of hydrogen-bond donors (Lipinski definition) is 1. The monoisotopic (exact) mass is 250 g/mol. The summed E-state index contributed by atoms with van der Waals surface area (Å²) in [6.45, 7) is 3.74. The summed E-state index contributed by atoms with van der Waals surface area (Å²) in [6.07, 6.45) is 7.04. The molecule has 2 atom stereocenters. The van der Waals surface area contributed by atoms with E-state index in [9.17, 15) is 4.79 Å². The van der Waals surface area contributed by atoms with Crippen molar-refractivity contribution in [3.8, 4) is 0 Å². The molecule has 5 heteroatoms. The van der Waals surface area contributed by atoms with E-state index >= 15 is 0 Å². The van der Waals surface area contributed by atoms with Crippen LogP contribution in [0, 0.1) is 0 Å². The first-order valence-corrected chi connectivity index (χ1v) is 5.92. The van der Waals surface area contributed by atoms with E-state index in [2.05, 4.69) is 4.99 Å². The molecule has 1 heterocycles. The second-order valence-electron chi connectivity index (χ2n) is 5.04. The van der Waals surface area contributed by atoms with Gasteiger partial charge in [0.2, 0.25) is 5.91 Å². The van der Waals surface area contributed by atoms with Crippen LogP contribution in [0.5, 0.6) is 0 Å². The van der Waals surface area contributed by atoms with Gasteiger partial charge in [-0.15, -0.1) is 0 Å². The minimum absolute atomic E-state index is 0.00238. The fourth-order valence-corrected chi connectivity index (χ4v) is 1.44. The second kappa shape index (κ2) is 5.46. The van der Waals surface area contributed by atoms with E-state index in [-0.39, 0.29) is 11.9 Å². The summed E-state index contributed by atoms with van der Waals surface area (Å²) in [5.41, 5.74) is 5.44. The third kappa shape index (κ3) is 3.51. The molecule has 1 amide bonds. The Labute approximate surface area is 109 Å². The maximum absolute atomic E-state index is 12.2. The number of carbonyl (C=O) groups is 1. The molecule has 0 aromatic heterocycles. The molecule has 2 N–H and O–H groups in total. The molecule has 18 heavy (non-hydrogen) atoms. The highest BCUT2D eigenvalue weighted by atomic mass is 16.2. The van der Waals surface area contributed by atoms with Crippen molar-refractivity contribution in [2.75, 3.05) is 21.1 Å². The van der Waals surface area contributed by atoms with Crippen LogP contribution in [0.4, 0.5) is 0 Å². The molecule has 0 radical (unpaired) electrons. The van der Waals surface area contributed by atoms with E-state index < -0.39 is 5.54 Å². The van der Waals surface area contributed by atoms with Gasteiger partial charge in [-0.05, 0) is 40.1 Å². The zero-order chi connectivity index (χ0) is 13.9. The number of amides is 1. The summed E-state index contributed by atoms with van der Waals surface area (Å²) < 4.78 is 0. The molecule has 0 aromatic rings. The molecule has 0 aromatic carbocycles. The Morgan fingerprint density at radius 1 is 1.39 bits per heavy atom. The van der Waals surface area contributed by atoms with Crippen LogP contribution >= 0.6 is 0 Å². The zero-order valence-electron chi connectivity index (χ0n) is 11.7. The molecule has 1 aliphatic rings. The zero-order valence-corrected chi connectivity index (χ0v) is 11.7. The van der Waals surface area contributed by atoms with Crippen molar-refractivity contribution in [3.63, 3.8) is 0 Å². The lowest BCUT2D eigenvalue weighted by atomic mass is 10.0. The molecule has 100 valence electrons. The third-order valence-electron chi connectivity index (χ3n) is 3.04. The van der Waals surface area contributed by atoms with E-state index in [4.69, 9.17) is 5.73 Å². The van der Waals surface area contributed by atoms with Crippen LogP contribution in [0.25, 0.3) is 0 Å². The number of rotatable bonds is 2. The Balaban J connectivity index is 2.86. The van der Waals surface area contributed by atoms with E-state index in [0.29, 0.717) is 5.84 Å². The molecule has 0 fully saturated rings. The van der Waals surface area contributed by atoms with Crippen molar-refractivity contribution >= 4 is 11.7 Å². The Bertz CT molecular complexity index is 407. The second-order valence-corrected chi connectivity index (χ2v) is 5.04. The van der Waals surface area contributed by atoms with Gasteiger partial charge in [0.05, 0.1) is 11.6 Å². The minimum Gasteiger partial charge on any atom is -0.319 e. The largest absolute Gasteiger partial charge is 0.319 e. The average Bonchev–Trinajstić information content (AvgIpc) is 2.47. The molecule has 0 bridgehead atoms. The number of likely N-dealkylation sites (N-methyl/N-ethyl adjacent to an activating group) is 2. The molecule has 0 aliphatic carbocycles. The summed E-state index contributed by atoms with van der Waals surface area (Å²) in [4.78, 5) is 19.8. The predicted molar refractivity (Wildman–Crippen MR) is 74.2 cm³/mol. The van der Waals surface area contributed by atoms with Gasteiger partial charge in [-0.3, -0.25) is 14.6 Å². The third-order valence-corrected chi connectivity index (χ3v) is 3.04. The summed E-state index contributed by atoms with van der Waals surface area (Å²) >= 11 is 0. The topological polar surface area (TPSA) is 61.9 Å². The van der Waals surface area contributed by atoms with Crippen LogP contribution in [0.3, 0.4) is 0 Å². The first-order chi connectivity index (χ1) is 8.24. The lowest BCUT2D eigenvalue weighted by Crippen LogP contribution is -2.44. The van der Waals surface area contributed by atoms with E-state index in [1.807, 2.05) is 38.9 Å². The van der Waals surface area contributed by atoms with Gasteiger partial charge >= 0.3 is 0 Å². The number of carbonyl (C=O) groups excluding carboxylic acids is 1.